The van der Waals surface area contributed by atoms with Gasteiger partial charge in [-0.3, -0.25) is 9.59 Å². The van der Waals surface area contributed by atoms with E-state index in [1.165, 1.54) is 17.8 Å². The van der Waals surface area contributed by atoms with Gasteiger partial charge in [-0.25, -0.2) is 4.39 Å². The molecule has 2 amide bonds. The monoisotopic (exact) mass is 466 g/mol. The van der Waals surface area contributed by atoms with Crippen LogP contribution in [0.1, 0.15) is 25.0 Å². The van der Waals surface area contributed by atoms with E-state index in [1.807, 2.05) is 31.2 Å². The number of carbonyl (C=O) groups excluding carboxylic acids is 2. The second-order valence-electron chi connectivity index (χ2n) is 6.31. The topological polar surface area (TPSA) is 49.4 Å². The second kappa shape index (κ2) is 11.2. The molecule has 28 heavy (non-hydrogen) atoms. The fourth-order valence-electron chi connectivity index (χ4n) is 2.68. The number of likely N-dealkylation sites (N-methyl/N-ethyl adjacent to an activating group) is 1. The van der Waals surface area contributed by atoms with E-state index in [2.05, 4.69) is 21.2 Å². The van der Waals surface area contributed by atoms with Gasteiger partial charge in [0.15, 0.2) is 0 Å². The Labute approximate surface area is 178 Å². The number of carbonyl (C=O) groups is 2. The van der Waals surface area contributed by atoms with Gasteiger partial charge in [0.05, 0.1) is 5.75 Å². The Balaban J connectivity index is 2.07. The molecule has 2 aromatic carbocycles. The average Bonchev–Trinajstić information content (AvgIpc) is 2.67. The van der Waals surface area contributed by atoms with Gasteiger partial charge < -0.3 is 10.2 Å². The van der Waals surface area contributed by atoms with Crippen LogP contribution in [0.2, 0.25) is 0 Å². The minimum atomic E-state index is -0.597. The van der Waals surface area contributed by atoms with Crippen LogP contribution in [0.15, 0.2) is 53.0 Å². The van der Waals surface area contributed by atoms with Gasteiger partial charge in [0.2, 0.25) is 11.8 Å². The van der Waals surface area contributed by atoms with Crippen molar-refractivity contribution in [2.45, 2.75) is 32.2 Å². The number of hydrogen-bond acceptors (Lipinski definition) is 3. The van der Waals surface area contributed by atoms with Crippen LogP contribution in [0.4, 0.5) is 4.39 Å². The van der Waals surface area contributed by atoms with Crippen LogP contribution in [0.5, 0.6) is 0 Å². The molecule has 1 atom stereocenters. The lowest BCUT2D eigenvalue weighted by molar-refractivity contribution is -0.138. The first-order chi connectivity index (χ1) is 13.4. The van der Waals surface area contributed by atoms with Gasteiger partial charge in [-0.2, -0.15) is 0 Å². The molecule has 0 fully saturated rings. The van der Waals surface area contributed by atoms with Crippen LogP contribution in [0, 0.1) is 5.82 Å². The Morgan fingerprint density at radius 1 is 1.21 bits per heavy atom. The van der Waals surface area contributed by atoms with Crippen molar-refractivity contribution in [3.8, 4) is 0 Å². The van der Waals surface area contributed by atoms with E-state index in [4.69, 9.17) is 0 Å². The first-order valence-electron chi connectivity index (χ1n) is 9.05. The third-order valence-electron chi connectivity index (χ3n) is 4.20. The van der Waals surface area contributed by atoms with E-state index in [9.17, 15) is 14.0 Å². The minimum Gasteiger partial charge on any atom is -0.355 e. The van der Waals surface area contributed by atoms with Crippen molar-refractivity contribution in [2.75, 3.05) is 12.3 Å². The second-order valence-corrected chi connectivity index (χ2v) is 8.21. The van der Waals surface area contributed by atoms with Gasteiger partial charge in [-0.15, -0.1) is 11.8 Å². The Hall–Kier alpha value is -1.86. The van der Waals surface area contributed by atoms with E-state index in [0.29, 0.717) is 24.4 Å². The molecule has 150 valence electrons. The predicted octanol–water partition coefficient (Wildman–Crippen LogP) is 4.37. The molecular weight excluding hydrogens is 443 g/mol. The lowest BCUT2D eigenvalue weighted by Gasteiger charge is -2.28. The summed E-state index contributed by atoms with van der Waals surface area (Å²) in [4.78, 5) is 26.8. The van der Waals surface area contributed by atoms with Crippen molar-refractivity contribution in [3.63, 3.8) is 0 Å². The number of hydrogen-bond donors (Lipinski definition) is 1. The van der Waals surface area contributed by atoms with Crippen molar-refractivity contribution in [1.29, 1.82) is 0 Å². The number of nitrogens with zero attached hydrogens (tertiary/aromatic N) is 1. The number of halogens is 2. The van der Waals surface area contributed by atoms with Gasteiger partial charge in [0, 0.05) is 23.3 Å². The summed E-state index contributed by atoms with van der Waals surface area (Å²) in [5, 5.41) is 2.77. The Morgan fingerprint density at radius 2 is 1.96 bits per heavy atom. The van der Waals surface area contributed by atoms with Gasteiger partial charge >= 0.3 is 0 Å². The maximum absolute atomic E-state index is 13.8. The number of amides is 2. The molecule has 0 aliphatic rings. The zero-order chi connectivity index (χ0) is 20.5. The molecular formula is C21H24BrFN2O2S. The van der Waals surface area contributed by atoms with E-state index < -0.39 is 6.04 Å². The zero-order valence-corrected chi connectivity index (χ0v) is 18.4. The molecule has 0 aromatic heterocycles. The van der Waals surface area contributed by atoms with Gasteiger partial charge in [-0.1, -0.05) is 46.3 Å². The normalized spacial score (nSPS) is 11.7. The summed E-state index contributed by atoms with van der Waals surface area (Å²) in [6.07, 6.45) is 0. The predicted molar refractivity (Wildman–Crippen MR) is 115 cm³/mol. The highest BCUT2D eigenvalue weighted by atomic mass is 79.9. The summed E-state index contributed by atoms with van der Waals surface area (Å²) in [7, 11) is 0. The molecule has 0 heterocycles. The van der Waals surface area contributed by atoms with Crippen molar-refractivity contribution in [2.24, 2.45) is 0 Å². The van der Waals surface area contributed by atoms with Crippen LogP contribution >= 0.6 is 27.7 Å². The summed E-state index contributed by atoms with van der Waals surface area (Å²) in [5.41, 5.74) is 1.49. The molecule has 2 rings (SSSR count). The lowest BCUT2D eigenvalue weighted by Crippen LogP contribution is -2.48. The zero-order valence-electron chi connectivity index (χ0n) is 16.0. The highest BCUT2D eigenvalue weighted by Crippen LogP contribution is 2.19. The number of benzene rings is 2. The van der Waals surface area contributed by atoms with E-state index in [1.54, 1.807) is 30.0 Å². The molecule has 0 aliphatic carbocycles. The Morgan fingerprint density at radius 3 is 2.64 bits per heavy atom. The molecule has 0 saturated heterocycles. The van der Waals surface area contributed by atoms with E-state index in [-0.39, 0.29) is 23.4 Å². The summed E-state index contributed by atoms with van der Waals surface area (Å²) in [6, 6.07) is 13.6. The first-order valence-corrected chi connectivity index (χ1v) is 11.0. The number of nitrogens with one attached hydrogen (secondary N) is 1. The molecule has 0 bridgehead atoms. The fraction of sp³-hybridized carbons (Fsp3) is 0.333. The summed E-state index contributed by atoms with van der Waals surface area (Å²) in [5.74, 6) is -0.0424. The third kappa shape index (κ3) is 6.63. The maximum atomic E-state index is 13.8. The van der Waals surface area contributed by atoms with Crippen LogP contribution in [0.25, 0.3) is 0 Å². The molecule has 0 saturated carbocycles. The van der Waals surface area contributed by atoms with Gasteiger partial charge in [0.25, 0.3) is 0 Å². The van der Waals surface area contributed by atoms with Crippen LogP contribution < -0.4 is 5.32 Å². The molecule has 0 radical (unpaired) electrons. The first kappa shape index (κ1) is 22.4. The smallest absolute Gasteiger partial charge is 0.242 e. The molecule has 0 aliphatic heterocycles. The Kier molecular flexibility index (Phi) is 8.99. The highest BCUT2D eigenvalue weighted by molar-refractivity contribution is 9.10. The van der Waals surface area contributed by atoms with Crippen molar-refractivity contribution >= 4 is 39.5 Å². The maximum Gasteiger partial charge on any atom is 0.242 e. The lowest BCUT2D eigenvalue weighted by atomic mass is 10.1. The highest BCUT2D eigenvalue weighted by Gasteiger charge is 2.25. The van der Waals surface area contributed by atoms with Crippen LogP contribution in [-0.4, -0.2) is 35.1 Å². The van der Waals surface area contributed by atoms with Crippen LogP contribution in [-0.2, 0) is 21.9 Å². The number of thioether (sulfide) groups is 1. The SMILES string of the molecule is CCNC(=O)C(C)N(Cc1cccc(Br)c1)C(=O)CSCc1ccccc1F. The number of rotatable bonds is 9. The van der Waals surface area contributed by atoms with Crippen molar-refractivity contribution in [3.05, 3.63) is 69.9 Å². The van der Waals surface area contributed by atoms with E-state index >= 15 is 0 Å². The molecule has 1 unspecified atom stereocenters. The molecule has 1 N–H and O–H groups in total. The largest absolute Gasteiger partial charge is 0.355 e. The quantitative estimate of drug-likeness (QED) is 0.596. The minimum absolute atomic E-state index is 0.153. The summed E-state index contributed by atoms with van der Waals surface area (Å²) >= 11 is 4.77. The van der Waals surface area contributed by atoms with Crippen molar-refractivity contribution in [1.82, 2.24) is 10.2 Å². The third-order valence-corrected chi connectivity index (χ3v) is 5.66. The molecule has 7 heteroatoms. The standard InChI is InChI=1S/C21H24BrFN2O2S/c1-3-24-21(27)15(2)25(12-16-7-6-9-18(22)11-16)20(26)14-28-13-17-8-4-5-10-19(17)23/h4-11,15H,3,12-14H2,1-2H3,(H,24,27). The van der Waals surface area contributed by atoms with E-state index in [0.717, 1.165) is 10.0 Å². The summed E-state index contributed by atoms with van der Waals surface area (Å²) in [6.45, 7) is 4.40. The molecule has 0 spiro atoms. The molecule has 4 nitrogen and oxygen atoms in total. The van der Waals surface area contributed by atoms with Gasteiger partial charge in [0.1, 0.15) is 11.9 Å². The van der Waals surface area contributed by atoms with Gasteiger partial charge in [-0.05, 0) is 43.2 Å². The summed E-state index contributed by atoms with van der Waals surface area (Å²) < 4.78 is 14.7. The fourth-order valence-corrected chi connectivity index (χ4v) is 4.03. The average molecular weight is 467 g/mol. The van der Waals surface area contributed by atoms with Crippen LogP contribution in [0.3, 0.4) is 0 Å². The molecule has 2 aromatic rings. The van der Waals surface area contributed by atoms with Crippen molar-refractivity contribution < 1.29 is 14.0 Å². The Bertz CT molecular complexity index is 818.